The molecule has 6 amide bonds. The smallest absolute Gasteiger partial charge is 0.245 e. The molecule has 0 radical (unpaired) electrons. The van der Waals surface area contributed by atoms with E-state index in [2.05, 4.69) is 31.3 Å². The van der Waals surface area contributed by atoms with E-state index in [0.29, 0.717) is 38.5 Å². The fraction of sp³-hybridized carbons (Fsp3) is 0.704. The Kier molecular flexibility index (Phi) is 12.7. The number of nitrogens with zero attached hydrogens (tertiary/aromatic N) is 4. The number of aliphatic imine (C=N–C) groups is 2. The summed E-state index contributed by atoms with van der Waals surface area (Å²) in [5.74, 6) is -3.43. The van der Waals surface area contributed by atoms with Crippen molar-refractivity contribution in [3.8, 4) is 0 Å². The highest BCUT2D eigenvalue weighted by molar-refractivity contribution is 5.97. The van der Waals surface area contributed by atoms with Crippen LogP contribution in [-0.4, -0.2) is 120 Å². The summed E-state index contributed by atoms with van der Waals surface area (Å²) in [7, 11) is 0. The zero-order valence-corrected chi connectivity index (χ0v) is 25.6. The summed E-state index contributed by atoms with van der Waals surface area (Å²) in [5.41, 5.74) is 21.6. The molecule has 0 aromatic carbocycles. The standard InChI is InChI=1S/C27H46N12O6/c1-15-25(45)39-13-5-9-19(39)24(44)36-16(6-2-10-32-26(28)29)21(41)34-14-20(40)38-12-4-8-18(38)23(43)37-17(22(42)35-15)7-3-11-33-27(30)31/h15-19H,2-14H2,1H3,(H,34,41)(H,35,42)(H,36,44)(H,37,43)(H4,28,29,32)(H4,30,31,33)/t15-,16+,17+,18-,19-/m1/s1. The summed E-state index contributed by atoms with van der Waals surface area (Å²) in [6.07, 6.45) is 2.83. The third kappa shape index (κ3) is 9.94. The second-order valence-electron chi connectivity index (χ2n) is 11.4. The Morgan fingerprint density at radius 3 is 1.73 bits per heavy atom. The summed E-state index contributed by atoms with van der Waals surface area (Å²) in [4.78, 5) is 90.6. The lowest BCUT2D eigenvalue weighted by Gasteiger charge is -2.30. The molecule has 12 N–H and O–H groups in total. The van der Waals surface area contributed by atoms with Crippen LogP contribution in [0.1, 0.15) is 58.3 Å². The zero-order chi connectivity index (χ0) is 33.1. The summed E-state index contributed by atoms with van der Waals surface area (Å²) in [6, 6.07) is -4.84. The molecule has 18 heteroatoms. The number of hydrogen-bond acceptors (Lipinski definition) is 8. The monoisotopic (exact) mass is 634 g/mol. The summed E-state index contributed by atoms with van der Waals surface area (Å²) in [6.45, 7) is 2.09. The minimum atomic E-state index is -1.05. The van der Waals surface area contributed by atoms with Crippen molar-refractivity contribution >= 4 is 47.4 Å². The third-order valence-electron chi connectivity index (χ3n) is 8.01. The van der Waals surface area contributed by atoms with Crippen LogP contribution in [0.25, 0.3) is 0 Å². The lowest BCUT2D eigenvalue weighted by molar-refractivity contribution is -0.143. The Hall–Kier alpha value is -4.64. The highest BCUT2D eigenvalue weighted by atomic mass is 16.2. The minimum absolute atomic E-state index is 0.110. The van der Waals surface area contributed by atoms with Crippen LogP contribution >= 0.6 is 0 Å². The average Bonchev–Trinajstić information content (AvgIpc) is 3.68. The number of carbonyl (C=O) groups is 6. The van der Waals surface area contributed by atoms with E-state index < -0.39 is 72.2 Å². The molecule has 18 nitrogen and oxygen atoms in total. The molecule has 0 aromatic rings. The van der Waals surface area contributed by atoms with Crippen LogP contribution in [0.2, 0.25) is 0 Å². The van der Waals surface area contributed by atoms with Gasteiger partial charge in [0.05, 0.1) is 6.54 Å². The maximum atomic E-state index is 13.5. The average molecular weight is 635 g/mol. The van der Waals surface area contributed by atoms with E-state index in [0.717, 1.165) is 0 Å². The predicted octanol–water partition coefficient (Wildman–Crippen LogP) is -4.32. The van der Waals surface area contributed by atoms with E-state index in [1.54, 1.807) is 0 Å². The van der Waals surface area contributed by atoms with Crippen molar-refractivity contribution in [2.75, 3.05) is 32.7 Å². The molecule has 45 heavy (non-hydrogen) atoms. The molecule has 3 rings (SSSR count). The van der Waals surface area contributed by atoms with E-state index in [4.69, 9.17) is 22.9 Å². The van der Waals surface area contributed by atoms with E-state index in [1.807, 2.05) is 0 Å². The molecule has 0 aromatic heterocycles. The molecule has 3 fully saturated rings. The summed E-state index contributed by atoms with van der Waals surface area (Å²) >= 11 is 0. The van der Waals surface area contributed by atoms with Gasteiger partial charge in [0, 0.05) is 26.2 Å². The maximum Gasteiger partial charge on any atom is 0.245 e. The van der Waals surface area contributed by atoms with Crippen molar-refractivity contribution in [2.24, 2.45) is 32.9 Å². The van der Waals surface area contributed by atoms with Gasteiger partial charge in [-0.05, 0) is 58.3 Å². The number of nitrogens with one attached hydrogen (secondary N) is 4. The van der Waals surface area contributed by atoms with Crippen LogP contribution in [0.15, 0.2) is 9.98 Å². The Labute approximate surface area is 261 Å². The lowest BCUT2D eigenvalue weighted by atomic mass is 10.1. The van der Waals surface area contributed by atoms with Crippen LogP contribution in [0, 0.1) is 0 Å². The molecule has 3 aliphatic heterocycles. The number of rotatable bonds is 8. The largest absolute Gasteiger partial charge is 0.370 e. The highest BCUT2D eigenvalue weighted by Crippen LogP contribution is 2.20. The Morgan fingerprint density at radius 2 is 1.20 bits per heavy atom. The van der Waals surface area contributed by atoms with E-state index in [1.165, 1.54) is 16.7 Å². The molecule has 0 spiro atoms. The Balaban J connectivity index is 1.87. The molecule has 3 saturated heterocycles. The van der Waals surface area contributed by atoms with Gasteiger partial charge in [-0.2, -0.15) is 0 Å². The van der Waals surface area contributed by atoms with Crippen molar-refractivity contribution in [1.29, 1.82) is 0 Å². The molecule has 3 heterocycles. The van der Waals surface area contributed by atoms with Crippen molar-refractivity contribution in [3.05, 3.63) is 0 Å². The number of amides is 6. The second kappa shape index (κ2) is 16.4. The Bertz CT molecular complexity index is 1180. The molecule has 0 aliphatic carbocycles. The first-order valence-electron chi connectivity index (χ1n) is 15.3. The molecule has 3 aliphatic rings. The van der Waals surface area contributed by atoms with Crippen LogP contribution < -0.4 is 44.2 Å². The van der Waals surface area contributed by atoms with Gasteiger partial charge in [-0.1, -0.05) is 0 Å². The van der Waals surface area contributed by atoms with Gasteiger partial charge < -0.3 is 54.0 Å². The zero-order valence-electron chi connectivity index (χ0n) is 25.6. The van der Waals surface area contributed by atoms with Gasteiger partial charge in [0.1, 0.15) is 30.2 Å². The van der Waals surface area contributed by atoms with Gasteiger partial charge in [-0.25, -0.2) is 0 Å². The van der Waals surface area contributed by atoms with Gasteiger partial charge in [-0.15, -0.1) is 0 Å². The quantitative estimate of drug-likeness (QED) is 0.0721. The lowest BCUT2D eigenvalue weighted by Crippen LogP contribution is -2.59. The van der Waals surface area contributed by atoms with Crippen LogP contribution in [0.4, 0.5) is 0 Å². The van der Waals surface area contributed by atoms with Crippen LogP contribution in [0.3, 0.4) is 0 Å². The van der Waals surface area contributed by atoms with Gasteiger partial charge in [-0.3, -0.25) is 38.8 Å². The van der Waals surface area contributed by atoms with E-state index >= 15 is 0 Å². The topological polar surface area (TPSA) is 286 Å². The van der Waals surface area contributed by atoms with Crippen LogP contribution in [-0.2, 0) is 28.8 Å². The third-order valence-corrected chi connectivity index (χ3v) is 8.01. The number of hydrogen-bond donors (Lipinski definition) is 8. The molecular weight excluding hydrogens is 588 g/mol. The number of carbonyl (C=O) groups excluding carboxylic acids is 6. The van der Waals surface area contributed by atoms with Crippen LogP contribution in [0.5, 0.6) is 0 Å². The van der Waals surface area contributed by atoms with Gasteiger partial charge in [0.15, 0.2) is 11.9 Å². The van der Waals surface area contributed by atoms with E-state index in [-0.39, 0.29) is 50.9 Å². The van der Waals surface area contributed by atoms with E-state index in [9.17, 15) is 28.8 Å². The van der Waals surface area contributed by atoms with Crippen molar-refractivity contribution in [3.63, 3.8) is 0 Å². The summed E-state index contributed by atoms with van der Waals surface area (Å²) < 4.78 is 0. The molecule has 250 valence electrons. The first kappa shape index (κ1) is 34.8. The van der Waals surface area contributed by atoms with Gasteiger partial charge >= 0.3 is 0 Å². The SMILES string of the molecule is C[C@H]1NC(=O)[C@H](CCCN=C(N)N)NC(=O)[C@H]2CCCN2C(=O)CNC(=O)[C@H](CCCN=C(N)N)NC(=O)[C@H]2CCCN2C1=O. The molecule has 0 unspecified atom stereocenters. The molecule has 5 atom stereocenters. The van der Waals surface area contributed by atoms with Crippen molar-refractivity contribution in [1.82, 2.24) is 31.1 Å². The highest BCUT2D eigenvalue weighted by Gasteiger charge is 2.40. The van der Waals surface area contributed by atoms with Gasteiger partial charge in [0.25, 0.3) is 0 Å². The maximum absolute atomic E-state index is 13.5. The number of fused-ring (bicyclic) bond motifs is 2. The fourth-order valence-corrected chi connectivity index (χ4v) is 5.73. The first-order valence-corrected chi connectivity index (χ1v) is 15.3. The minimum Gasteiger partial charge on any atom is -0.370 e. The normalized spacial score (nSPS) is 26.8. The fourth-order valence-electron chi connectivity index (χ4n) is 5.73. The summed E-state index contributed by atoms with van der Waals surface area (Å²) in [5, 5.41) is 10.7. The first-order chi connectivity index (χ1) is 21.4. The van der Waals surface area contributed by atoms with Gasteiger partial charge in [0.2, 0.25) is 35.4 Å². The molecule has 0 bridgehead atoms. The van der Waals surface area contributed by atoms with Crippen molar-refractivity contribution < 1.29 is 28.8 Å². The number of guanidine groups is 2. The molecular formula is C27H46N12O6. The second-order valence-corrected chi connectivity index (χ2v) is 11.4. The van der Waals surface area contributed by atoms with Crippen molar-refractivity contribution in [2.45, 2.75) is 88.5 Å². The predicted molar refractivity (Wildman–Crippen MR) is 164 cm³/mol. The molecule has 0 saturated carbocycles. The Morgan fingerprint density at radius 1 is 0.711 bits per heavy atom. The number of nitrogens with two attached hydrogens (primary N) is 4.